The molecule has 17 heavy (non-hydrogen) atoms. The summed E-state index contributed by atoms with van der Waals surface area (Å²) in [6.07, 6.45) is 19.9. The van der Waals surface area contributed by atoms with Crippen molar-refractivity contribution in [3.05, 3.63) is 5.92 Å². The van der Waals surface area contributed by atoms with Gasteiger partial charge in [-0.3, -0.25) is 0 Å². The summed E-state index contributed by atoms with van der Waals surface area (Å²) >= 11 is 0. The molecule has 0 aliphatic heterocycles. The number of rotatable bonds is 6. The molecule has 0 nitrogen and oxygen atoms in total. The second kappa shape index (κ2) is 5.76. The SMILES string of the molecule is C1CCC(C(CCC[C]2CCC2)C2CC2)CC1. The first-order valence-corrected chi connectivity index (χ1v) is 8.27. The molecule has 0 bridgehead atoms. The van der Waals surface area contributed by atoms with Crippen molar-refractivity contribution in [2.45, 2.75) is 83.5 Å². The standard InChI is InChI=1S/C17H29/c1-2-9-15(10-3-1)17(16-12-13-16)11-5-8-14-6-4-7-14/h15-17H,1-13H2. The molecule has 3 aliphatic rings. The van der Waals surface area contributed by atoms with Crippen LogP contribution in [0.3, 0.4) is 0 Å². The van der Waals surface area contributed by atoms with Crippen LogP contribution in [0, 0.1) is 23.7 Å². The monoisotopic (exact) mass is 233 g/mol. The van der Waals surface area contributed by atoms with Crippen LogP contribution in [-0.2, 0) is 0 Å². The lowest BCUT2D eigenvalue weighted by molar-refractivity contribution is 0.207. The maximum Gasteiger partial charge on any atom is -0.0241 e. The predicted molar refractivity (Wildman–Crippen MR) is 73.7 cm³/mol. The van der Waals surface area contributed by atoms with Crippen molar-refractivity contribution < 1.29 is 0 Å². The molecule has 3 fully saturated rings. The summed E-state index contributed by atoms with van der Waals surface area (Å²) in [4.78, 5) is 0. The second-order valence-electron chi connectivity index (χ2n) is 6.90. The van der Waals surface area contributed by atoms with Gasteiger partial charge in [-0.1, -0.05) is 44.9 Å². The highest BCUT2D eigenvalue weighted by Crippen LogP contribution is 2.47. The van der Waals surface area contributed by atoms with Crippen LogP contribution in [0.4, 0.5) is 0 Å². The average Bonchev–Trinajstić information content (AvgIpc) is 3.12. The first kappa shape index (κ1) is 12.1. The van der Waals surface area contributed by atoms with E-state index in [0.29, 0.717) is 0 Å². The van der Waals surface area contributed by atoms with Crippen LogP contribution in [0.25, 0.3) is 0 Å². The number of hydrogen-bond acceptors (Lipinski definition) is 0. The van der Waals surface area contributed by atoms with Gasteiger partial charge in [-0.25, -0.2) is 0 Å². The Balaban J connectivity index is 1.42. The van der Waals surface area contributed by atoms with E-state index in [0.717, 1.165) is 17.8 Å². The maximum absolute atomic E-state index is 1.89. The molecule has 1 unspecified atom stereocenters. The summed E-state index contributed by atoms with van der Waals surface area (Å²) in [5, 5.41) is 0. The van der Waals surface area contributed by atoms with Crippen molar-refractivity contribution in [3.63, 3.8) is 0 Å². The first-order valence-electron chi connectivity index (χ1n) is 8.27. The molecule has 0 heteroatoms. The van der Waals surface area contributed by atoms with E-state index in [1.54, 1.807) is 32.1 Å². The Morgan fingerprint density at radius 1 is 0.824 bits per heavy atom. The lowest BCUT2D eigenvalue weighted by Gasteiger charge is -2.31. The molecular weight excluding hydrogens is 204 g/mol. The van der Waals surface area contributed by atoms with Gasteiger partial charge < -0.3 is 0 Å². The molecule has 3 saturated carbocycles. The zero-order valence-electron chi connectivity index (χ0n) is 11.4. The van der Waals surface area contributed by atoms with Gasteiger partial charge in [0.05, 0.1) is 0 Å². The summed E-state index contributed by atoms with van der Waals surface area (Å²) < 4.78 is 0. The van der Waals surface area contributed by atoms with E-state index >= 15 is 0 Å². The molecule has 0 N–H and O–H groups in total. The third-order valence-corrected chi connectivity index (χ3v) is 5.61. The molecule has 0 saturated heterocycles. The summed E-state index contributed by atoms with van der Waals surface area (Å²) in [7, 11) is 0. The van der Waals surface area contributed by atoms with Gasteiger partial charge in [-0.15, -0.1) is 0 Å². The third kappa shape index (κ3) is 3.26. The van der Waals surface area contributed by atoms with Crippen LogP contribution in [0.5, 0.6) is 0 Å². The second-order valence-corrected chi connectivity index (χ2v) is 6.90. The molecule has 0 aromatic rings. The molecule has 97 valence electrons. The van der Waals surface area contributed by atoms with Crippen molar-refractivity contribution in [2.24, 2.45) is 17.8 Å². The van der Waals surface area contributed by atoms with Crippen LogP contribution in [0.2, 0.25) is 0 Å². The van der Waals surface area contributed by atoms with E-state index in [1.165, 1.54) is 51.4 Å². The Morgan fingerprint density at radius 3 is 2.12 bits per heavy atom. The fraction of sp³-hybridized carbons (Fsp3) is 0.941. The van der Waals surface area contributed by atoms with E-state index < -0.39 is 0 Å². The lowest BCUT2D eigenvalue weighted by atomic mass is 9.74. The molecule has 1 atom stereocenters. The first-order chi connectivity index (χ1) is 8.43. The van der Waals surface area contributed by atoms with Gasteiger partial charge in [0.2, 0.25) is 0 Å². The summed E-state index contributed by atoms with van der Waals surface area (Å²) in [5.74, 6) is 5.31. The van der Waals surface area contributed by atoms with Crippen LogP contribution >= 0.6 is 0 Å². The summed E-state index contributed by atoms with van der Waals surface area (Å²) in [6, 6.07) is 0. The fourth-order valence-electron chi connectivity index (χ4n) is 4.21. The minimum absolute atomic E-state index is 1.13. The molecule has 1 radical (unpaired) electrons. The Hall–Kier alpha value is 0. The highest BCUT2D eigenvalue weighted by atomic mass is 14.4. The van der Waals surface area contributed by atoms with Crippen LogP contribution in [-0.4, -0.2) is 0 Å². The van der Waals surface area contributed by atoms with Crippen molar-refractivity contribution in [2.75, 3.05) is 0 Å². The van der Waals surface area contributed by atoms with E-state index in [9.17, 15) is 0 Å². The molecule has 0 aromatic heterocycles. The van der Waals surface area contributed by atoms with E-state index in [-0.39, 0.29) is 0 Å². The summed E-state index contributed by atoms with van der Waals surface area (Å²) in [5.41, 5.74) is 0. The van der Waals surface area contributed by atoms with E-state index in [2.05, 4.69) is 0 Å². The highest BCUT2D eigenvalue weighted by Gasteiger charge is 2.36. The molecule has 3 aliphatic carbocycles. The smallest absolute Gasteiger partial charge is 0.0241 e. The van der Waals surface area contributed by atoms with Crippen LogP contribution < -0.4 is 0 Å². The minimum atomic E-state index is 1.13. The highest BCUT2D eigenvalue weighted by molar-refractivity contribution is 4.98. The van der Waals surface area contributed by atoms with Gasteiger partial charge in [0.1, 0.15) is 0 Å². The minimum Gasteiger partial charge on any atom is -0.0533 e. The lowest BCUT2D eigenvalue weighted by Crippen LogP contribution is -2.20. The molecule has 0 amide bonds. The molecular formula is C17H29. The Labute approximate surface area is 108 Å². The van der Waals surface area contributed by atoms with Gasteiger partial charge in [0.25, 0.3) is 0 Å². The number of hydrogen-bond donors (Lipinski definition) is 0. The van der Waals surface area contributed by atoms with E-state index in [1.807, 2.05) is 5.92 Å². The largest absolute Gasteiger partial charge is 0.0533 e. The zero-order chi connectivity index (χ0) is 11.5. The maximum atomic E-state index is 1.89. The summed E-state index contributed by atoms with van der Waals surface area (Å²) in [6.45, 7) is 0. The van der Waals surface area contributed by atoms with Gasteiger partial charge in [-0.05, 0) is 62.2 Å². The van der Waals surface area contributed by atoms with Gasteiger partial charge in [0.15, 0.2) is 0 Å². The van der Waals surface area contributed by atoms with Crippen LogP contribution in [0.15, 0.2) is 0 Å². The van der Waals surface area contributed by atoms with Crippen molar-refractivity contribution >= 4 is 0 Å². The molecule has 0 aromatic carbocycles. The van der Waals surface area contributed by atoms with Gasteiger partial charge in [0, 0.05) is 0 Å². The van der Waals surface area contributed by atoms with Gasteiger partial charge in [-0.2, -0.15) is 0 Å². The Bertz CT molecular complexity index is 218. The molecule has 0 heterocycles. The predicted octanol–water partition coefficient (Wildman–Crippen LogP) is 5.52. The van der Waals surface area contributed by atoms with Crippen molar-refractivity contribution in [3.8, 4) is 0 Å². The molecule has 3 rings (SSSR count). The topological polar surface area (TPSA) is 0 Å². The average molecular weight is 233 g/mol. The van der Waals surface area contributed by atoms with Crippen molar-refractivity contribution in [1.29, 1.82) is 0 Å². The van der Waals surface area contributed by atoms with Gasteiger partial charge >= 0.3 is 0 Å². The third-order valence-electron chi connectivity index (χ3n) is 5.61. The quantitative estimate of drug-likeness (QED) is 0.566. The van der Waals surface area contributed by atoms with E-state index in [4.69, 9.17) is 0 Å². The normalized spacial score (nSPS) is 28.9. The Morgan fingerprint density at radius 2 is 1.53 bits per heavy atom. The Kier molecular flexibility index (Phi) is 4.08. The fourth-order valence-corrected chi connectivity index (χ4v) is 4.21. The zero-order valence-corrected chi connectivity index (χ0v) is 11.4. The van der Waals surface area contributed by atoms with Crippen molar-refractivity contribution in [1.82, 2.24) is 0 Å². The van der Waals surface area contributed by atoms with Crippen LogP contribution in [0.1, 0.15) is 83.5 Å². The molecule has 0 spiro atoms.